The highest BCUT2D eigenvalue weighted by molar-refractivity contribution is 5.29. The van der Waals surface area contributed by atoms with Crippen LogP contribution in [0, 0.1) is 5.92 Å². The van der Waals surface area contributed by atoms with Crippen LogP contribution in [0.4, 0.5) is 0 Å². The molecule has 0 aliphatic carbocycles. The Bertz CT molecular complexity index is 559. The van der Waals surface area contributed by atoms with E-state index >= 15 is 0 Å². The number of methoxy groups -OCH3 is 1. The molecule has 0 radical (unpaired) electrons. The highest BCUT2D eigenvalue weighted by Crippen LogP contribution is 2.21. The van der Waals surface area contributed by atoms with Crippen LogP contribution in [0.1, 0.15) is 30.6 Å². The third kappa shape index (κ3) is 2.48. The van der Waals surface area contributed by atoms with Crippen LogP contribution in [0.15, 0.2) is 24.3 Å². The Hall–Kier alpha value is -1.84. The molecular weight excluding hydrogens is 238 g/mol. The van der Waals surface area contributed by atoms with E-state index in [1.165, 1.54) is 12.0 Å². The Morgan fingerprint density at radius 1 is 1.26 bits per heavy atom. The predicted octanol–water partition coefficient (Wildman–Crippen LogP) is 2.46. The molecule has 2 heterocycles. The number of fused-ring (bicyclic) bond motifs is 1. The average Bonchev–Trinajstić information content (AvgIpc) is 2.82. The van der Waals surface area contributed by atoms with E-state index < -0.39 is 0 Å². The molecule has 19 heavy (non-hydrogen) atoms. The standard InChI is InChI=1S/C15H19N3O/c1-11-3-8-14-16-17-15(18(14)10-11)9-12-4-6-13(19-2)7-5-12/h4-7,11H,3,8-10H2,1-2H3. The zero-order chi connectivity index (χ0) is 13.2. The normalized spacial score (nSPS) is 18.1. The highest BCUT2D eigenvalue weighted by Gasteiger charge is 2.19. The number of aryl methyl sites for hydroxylation is 1. The van der Waals surface area contributed by atoms with Gasteiger partial charge in [0.1, 0.15) is 17.4 Å². The highest BCUT2D eigenvalue weighted by atomic mass is 16.5. The number of hydrogen-bond acceptors (Lipinski definition) is 3. The Labute approximate surface area is 113 Å². The minimum Gasteiger partial charge on any atom is -0.497 e. The zero-order valence-corrected chi connectivity index (χ0v) is 11.5. The molecule has 1 aliphatic rings. The molecule has 1 aliphatic heterocycles. The van der Waals surface area contributed by atoms with Crippen LogP contribution in [0.2, 0.25) is 0 Å². The minimum absolute atomic E-state index is 0.720. The lowest BCUT2D eigenvalue weighted by Crippen LogP contribution is -2.20. The number of rotatable bonds is 3. The summed E-state index contributed by atoms with van der Waals surface area (Å²) in [5, 5.41) is 8.66. The Morgan fingerprint density at radius 2 is 2.05 bits per heavy atom. The molecule has 0 saturated carbocycles. The third-order valence-corrected chi connectivity index (χ3v) is 3.78. The molecule has 4 nitrogen and oxygen atoms in total. The molecule has 0 bridgehead atoms. The fourth-order valence-corrected chi connectivity index (χ4v) is 2.60. The summed E-state index contributed by atoms with van der Waals surface area (Å²) in [6.45, 7) is 3.34. The van der Waals surface area contributed by atoms with E-state index in [4.69, 9.17) is 4.74 Å². The molecule has 0 saturated heterocycles. The molecule has 0 spiro atoms. The van der Waals surface area contributed by atoms with Crippen LogP contribution in [0.5, 0.6) is 5.75 Å². The van der Waals surface area contributed by atoms with Gasteiger partial charge in [0.25, 0.3) is 0 Å². The van der Waals surface area contributed by atoms with Gasteiger partial charge in [-0.3, -0.25) is 0 Å². The van der Waals surface area contributed by atoms with E-state index in [-0.39, 0.29) is 0 Å². The molecule has 1 unspecified atom stereocenters. The van der Waals surface area contributed by atoms with Crippen molar-refractivity contribution in [2.45, 2.75) is 32.7 Å². The number of nitrogens with zero attached hydrogens (tertiary/aromatic N) is 3. The summed E-state index contributed by atoms with van der Waals surface area (Å²) >= 11 is 0. The monoisotopic (exact) mass is 257 g/mol. The molecule has 2 aromatic rings. The largest absolute Gasteiger partial charge is 0.497 e. The topological polar surface area (TPSA) is 39.9 Å². The van der Waals surface area contributed by atoms with Crippen LogP contribution in [-0.2, 0) is 19.4 Å². The molecule has 0 N–H and O–H groups in total. The van der Waals surface area contributed by atoms with Crippen molar-refractivity contribution in [2.75, 3.05) is 7.11 Å². The third-order valence-electron chi connectivity index (χ3n) is 3.78. The summed E-state index contributed by atoms with van der Waals surface area (Å²) in [5.41, 5.74) is 1.24. The number of hydrogen-bond donors (Lipinski definition) is 0. The van der Waals surface area contributed by atoms with E-state index in [0.29, 0.717) is 0 Å². The van der Waals surface area contributed by atoms with Crippen molar-refractivity contribution in [3.05, 3.63) is 41.5 Å². The summed E-state index contributed by atoms with van der Waals surface area (Å²) in [6, 6.07) is 8.16. The second-order valence-electron chi connectivity index (χ2n) is 5.31. The lowest BCUT2D eigenvalue weighted by Gasteiger charge is -2.20. The van der Waals surface area contributed by atoms with Crippen LogP contribution in [-0.4, -0.2) is 21.9 Å². The molecule has 100 valence electrons. The van der Waals surface area contributed by atoms with Gasteiger partial charge < -0.3 is 9.30 Å². The number of aromatic nitrogens is 3. The van der Waals surface area contributed by atoms with E-state index in [9.17, 15) is 0 Å². The Morgan fingerprint density at radius 3 is 2.79 bits per heavy atom. The zero-order valence-electron chi connectivity index (χ0n) is 11.5. The van der Waals surface area contributed by atoms with Crippen molar-refractivity contribution in [3.8, 4) is 5.75 Å². The van der Waals surface area contributed by atoms with Gasteiger partial charge in [-0.05, 0) is 30.0 Å². The Kier molecular flexibility index (Phi) is 3.23. The summed E-state index contributed by atoms with van der Waals surface area (Å²) in [7, 11) is 1.69. The van der Waals surface area contributed by atoms with Crippen molar-refractivity contribution in [3.63, 3.8) is 0 Å². The molecule has 0 fully saturated rings. The average molecular weight is 257 g/mol. The molecular formula is C15H19N3O. The molecule has 4 heteroatoms. The van der Waals surface area contributed by atoms with Gasteiger partial charge in [-0.25, -0.2) is 0 Å². The van der Waals surface area contributed by atoms with Gasteiger partial charge in [-0.15, -0.1) is 10.2 Å². The van der Waals surface area contributed by atoms with Gasteiger partial charge in [-0.2, -0.15) is 0 Å². The summed E-state index contributed by atoms with van der Waals surface area (Å²) in [5.74, 6) is 3.83. The fourth-order valence-electron chi connectivity index (χ4n) is 2.60. The maximum atomic E-state index is 5.18. The molecule has 0 amide bonds. The number of ether oxygens (including phenoxy) is 1. The maximum Gasteiger partial charge on any atom is 0.137 e. The van der Waals surface area contributed by atoms with Crippen molar-refractivity contribution >= 4 is 0 Å². The van der Waals surface area contributed by atoms with Crippen LogP contribution in [0.25, 0.3) is 0 Å². The molecule has 3 rings (SSSR count). The van der Waals surface area contributed by atoms with Gasteiger partial charge >= 0.3 is 0 Å². The minimum atomic E-state index is 0.720. The van der Waals surface area contributed by atoms with Gasteiger partial charge in [0, 0.05) is 19.4 Å². The second-order valence-corrected chi connectivity index (χ2v) is 5.31. The first-order chi connectivity index (χ1) is 9.26. The van der Waals surface area contributed by atoms with Crippen molar-refractivity contribution in [2.24, 2.45) is 5.92 Å². The lowest BCUT2D eigenvalue weighted by molar-refractivity contribution is 0.387. The van der Waals surface area contributed by atoms with E-state index in [0.717, 1.165) is 42.7 Å². The summed E-state index contributed by atoms with van der Waals surface area (Å²) < 4.78 is 7.47. The van der Waals surface area contributed by atoms with Crippen LogP contribution < -0.4 is 4.74 Å². The Balaban J connectivity index is 1.81. The van der Waals surface area contributed by atoms with E-state index in [1.54, 1.807) is 7.11 Å². The first-order valence-electron chi connectivity index (χ1n) is 6.80. The predicted molar refractivity (Wildman–Crippen MR) is 73.3 cm³/mol. The molecule has 1 aromatic carbocycles. The van der Waals surface area contributed by atoms with E-state index in [1.807, 2.05) is 12.1 Å². The smallest absolute Gasteiger partial charge is 0.137 e. The van der Waals surface area contributed by atoms with Crippen molar-refractivity contribution < 1.29 is 4.74 Å². The van der Waals surface area contributed by atoms with Crippen LogP contribution >= 0.6 is 0 Å². The second kappa shape index (κ2) is 5.03. The van der Waals surface area contributed by atoms with Gasteiger partial charge in [-0.1, -0.05) is 19.1 Å². The molecule has 1 aromatic heterocycles. The van der Waals surface area contributed by atoms with Gasteiger partial charge in [0.2, 0.25) is 0 Å². The van der Waals surface area contributed by atoms with Crippen molar-refractivity contribution in [1.82, 2.24) is 14.8 Å². The van der Waals surface area contributed by atoms with Crippen LogP contribution in [0.3, 0.4) is 0 Å². The first kappa shape index (κ1) is 12.2. The summed E-state index contributed by atoms with van der Waals surface area (Å²) in [4.78, 5) is 0. The lowest BCUT2D eigenvalue weighted by atomic mass is 10.0. The van der Waals surface area contributed by atoms with Crippen molar-refractivity contribution in [1.29, 1.82) is 0 Å². The molecule has 1 atom stereocenters. The van der Waals surface area contributed by atoms with E-state index in [2.05, 4.69) is 33.8 Å². The SMILES string of the molecule is COc1ccc(Cc2nnc3n2CC(C)CC3)cc1. The first-order valence-corrected chi connectivity index (χ1v) is 6.80. The fraction of sp³-hybridized carbons (Fsp3) is 0.467. The van der Waals surface area contributed by atoms with Gasteiger partial charge in [0.05, 0.1) is 7.11 Å². The quantitative estimate of drug-likeness (QED) is 0.848. The van der Waals surface area contributed by atoms with Gasteiger partial charge in [0.15, 0.2) is 0 Å². The maximum absolute atomic E-state index is 5.18. The summed E-state index contributed by atoms with van der Waals surface area (Å²) in [6.07, 6.45) is 3.11. The number of benzene rings is 1.